The molecule has 4 aromatic rings. The molecule has 3 aromatic heterocycles. The normalized spacial score (nSPS) is 21.4. The number of amides is 3. The number of nitrogens with one attached hydrogen (secondary N) is 1. The molecule has 0 radical (unpaired) electrons. The zero-order chi connectivity index (χ0) is 47.2. The number of carbonyl (C=O) groups excluding carboxylic acids is 3. The molecule has 0 saturated carbocycles. The van der Waals surface area contributed by atoms with E-state index in [2.05, 4.69) is 42.2 Å². The lowest BCUT2D eigenvalue weighted by molar-refractivity contribution is -0.142. The number of anilines is 2. The number of piperidine rings is 2. The minimum absolute atomic E-state index is 0.0637. The zero-order valence-corrected chi connectivity index (χ0v) is 40.8. The number of likely N-dealkylation sites (tertiary alicyclic amines) is 1. The van der Waals surface area contributed by atoms with Crippen LogP contribution in [0.15, 0.2) is 71.1 Å². The highest BCUT2D eigenvalue weighted by Crippen LogP contribution is 2.39. The number of carbonyl (C=O) groups is 3. The van der Waals surface area contributed by atoms with Gasteiger partial charge in [0.1, 0.15) is 28.7 Å². The number of aryl methyl sites for hydroxylation is 1. The number of benzene rings is 1. The molecular weight excluding hydrogens is 890 g/mol. The maximum atomic E-state index is 14.1. The molecule has 0 unspecified atom stereocenters. The van der Waals surface area contributed by atoms with E-state index in [1.807, 2.05) is 68.3 Å². The van der Waals surface area contributed by atoms with Crippen LogP contribution in [0.25, 0.3) is 0 Å². The molecule has 0 aliphatic carbocycles. The highest BCUT2D eigenvalue weighted by atomic mass is 35.5. The average Bonchev–Trinajstić information content (AvgIpc) is 3.96. The second-order valence-electron chi connectivity index (χ2n) is 19.4. The lowest BCUT2D eigenvalue weighted by Gasteiger charge is -2.39. The molecule has 7 heterocycles. The number of β-amino-alcohol motifs (C(OH)–C–C–N with tert-alkyl or cyclic N) is 1. The van der Waals surface area contributed by atoms with Crippen molar-refractivity contribution in [1.29, 1.82) is 0 Å². The summed E-state index contributed by atoms with van der Waals surface area (Å²) in [6.07, 6.45) is 10.7. The summed E-state index contributed by atoms with van der Waals surface area (Å²) in [5, 5.41) is 23.6. The van der Waals surface area contributed by atoms with Crippen molar-refractivity contribution in [3.05, 3.63) is 77.5 Å². The number of halogens is 1. The summed E-state index contributed by atoms with van der Waals surface area (Å²) in [5.74, 6) is 1.08. The van der Waals surface area contributed by atoms with Crippen molar-refractivity contribution in [2.24, 2.45) is 23.0 Å². The number of aliphatic hydroxyl groups is 1. The second kappa shape index (κ2) is 21.6. The number of aromatic nitrogens is 6. The van der Waals surface area contributed by atoms with E-state index in [1.54, 1.807) is 23.3 Å². The first kappa shape index (κ1) is 48.6. The van der Waals surface area contributed by atoms with Gasteiger partial charge in [-0.1, -0.05) is 79.7 Å². The summed E-state index contributed by atoms with van der Waals surface area (Å²) < 4.78 is 1.56. The summed E-state index contributed by atoms with van der Waals surface area (Å²) >= 11 is 8.47. The Morgan fingerprint density at radius 2 is 1.69 bits per heavy atom. The molecule has 0 spiro atoms. The molecule has 4 atom stereocenters. The van der Waals surface area contributed by atoms with E-state index in [0.29, 0.717) is 56.4 Å². The highest BCUT2D eigenvalue weighted by Gasteiger charge is 2.43. The largest absolute Gasteiger partial charge is 0.391 e. The van der Waals surface area contributed by atoms with Crippen molar-refractivity contribution >= 4 is 52.7 Å². The third kappa shape index (κ3) is 11.5. The zero-order valence-electron chi connectivity index (χ0n) is 39.2. The molecule has 1 aromatic carbocycles. The third-order valence-electron chi connectivity index (χ3n) is 14.2. The first-order chi connectivity index (χ1) is 32.3. The fourth-order valence-corrected chi connectivity index (χ4v) is 11.0. The van der Waals surface area contributed by atoms with Gasteiger partial charge >= 0.3 is 0 Å². The smallest absolute Gasteiger partial charge is 0.248 e. The predicted molar refractivity (Wildman–Crippen MR) is 259 cm³/mol. The third-order valence-corrected chi connectivity index (χ3v) is 15.7. The summed E-state index contributed by atoms with van der Waals surface area (Å²) in [5.41, 5.74) is 7.86. The van der Waals surface area contributed by atoms with Gasteiger partial charge in [-0.05, 0) is 68.5 Å². The summed E-state index contributed by atoms with van der Waals surface area (Å²) in [7, 11) is 0. The van der Waals surface area contributed by atoms with Crippen LogP contribution in [0.4, 0.5) is 11.6 Å². The second-order valence-corrected chi connectivity index (χ2v) is 20.8. The first-order valence-electron chi connectivity index (χ1n) is 23.9. The standard InChI is InChI=1S/C48H66ClN13O4S/c1-32(2)43(62-29-33(3)55-56-62)47(66)61-30-36(63)26-38(61)45(64)54-37(34-8-6-5-7-9-34)13-17-57-22-24-60(25-23-57)46(65)35-11-18-59(19-12-35)44-42(49)39(10-16-51-44)67-41-28-52-40(27-53-41)58-20-14-48(4,31-50)15-21-58/h5-10,16,27-29,32,35-38,43,63H,11-15,17-26,30-31,50H2,1-4H3,(H,54,64)/t36-,37+,38+,43+/m1/s1. The van der Waals surface area contributed by atoms with Crippen LogP contribution in [0.5, 0.6) is 0 Å². The SMILES string of the molecule is Cc1cn([C@H](C(=O)N2C[C@H](O)C[C@H]2C(=O)N[C@@H](CCN2CCN(C(=O)C3CCN(c4nccc(Sc5cnc(N6CCC(C)(CN)CC6)cn5)c4Cl)CC3)CC2)c2ccccc2)C(C)C)nn1. The van der Waals surface area contributed by atoms with Crippen LogP contribution < -0.4 is 20.9 Å². The van der Waals surface area contributed by atoms with Gasteiger partial charge in [0.25, 0.3) is 0 Å². The van der Waals surface area contributed by atoms with Gasteiger partial charge < -0.3 is 35.8 Å². The number of hydrogen-bond acceptors (Lipinski definition) is 14. The lowest BCUT2D eigenvalue weighted by Crippen LogP contribution is -2.52. The van der Waals surface area contributed by atoms with E-state index in [-0.39, 0.29) is 54.0 Å². The summed E-state index contributed by atoms with van der Waals surface area (Å²) in [6, 6.07) is 9.99. The van der Waals surface area contributed by atoms with Crippen molar-refractivity contribution in [3.8, 4) is 0 Å². The van der Waals surface area contributed by atoms with Crippen molar-refractivity contribution in [3.63, 3.8) is 0 Å². The van der Waals surface area contributed by atoms with Gasteiger partial charge in [0.05, 0.1) is 35.3 Å². The summed E-state index contributed by atoms with van der Waals surface area (Å²) in [6.45, 7) is 15.4. The van der Waals surface area contributed by atoms with E-state index < -0.39 is 18.2 Å². The van der Waals surface area contributed by atoms with Gasteiger partial charge in [-0.25, -0.2) is 19.6 Å². The molecule has 8 rings (SSSR count). The van der Waals surface area contributed by atoms with Gasteiger partial charge in [0.15, 0.2) is 0 Å². The lowest BCUT2D eigenvalue weighted by atomic mass is 9.80. The molecule has 0 bridgehead atoms. The van der Waals surface area contributed by atoms with Gasteiger partial charge in [0, 0.05) is 95.1 Å². The van der Waals surface area contributed by atoms with Crippen LogP contribution in [0, 0.1) is 24.2 Å². The van der Waals surface area contributed by atoms with Crippen molar-refractivity contribution in [2.75, 3.05) is 81.8 Å². The highest BCUT2D eigenvalue weighted by molar-refractivity contribution is 7.99. The monoisotopic (exact) mass is 955 g/mol. The molecule has 4 aliphatic heterocycles. The van der Waals surface area contributed by atoms with Crippen LogP contribution in [0.1, 0.15) is 82.6 Å². The van der Waals surface area contributed by atoms with Crippen LogP contribution in [-0.2, 0) is 14.4 Å². The Morgan fingerprint density at radius 1 is 0.955 bits per heavy atom. The van der Waals surface area contributed by atoms with E-state index in [9.17, 15) is 19.5 Å². The number of hydrogen-bond donors (Lipinski definition) is 3. The van der Waals surface area contributed by atoms with Crippen LogP contribution in [-0.4, -0.2) is 152 Å². The maximum absolute atomic E-state index is 14.1. The average molecular weight is 957 g/mol. The first-order valence-corrected chi connectivity index (χ1v) is 25.1. The Hall–Kier alpha value is -4.88. The maximum Gasteiger partial charge on any atom is 0.248 e. The molecule has 3 amide bonds. The minimum Gasteiger partial charge on any atom is -0.391 e. The number of pyridine rings is 1. The van der Waals surface area contributed by atoms with E-state index in [1.165, 1.54) is 16.7 Å². The molecule has 67 heavy (non-hydrogen) atoms. The van der Waals surface area contributed by atoms with Gasteiger partial charge in [0.2, 0.25) is 17.7 Å². The topological polar surface area (TPSA) is 195 Å². The Bertz CT molecular complexity index is 2300. The number of rotatable bonds is 15. The minimum atomic E-state index is -0.817. The molecule has 360 valence electrons. The van der Waals surface area contributed by atoms with Gasteiger partial charge in [-0.3, -0.25) is 19.3 Å². The molecule has 4 N–H and O–H groups in total. The predicted octanol–water partition coefficient (Wildman–Crippen LogP) is 4.61. The van der Waals surface area contributed by atoms with Crippen molar-refractivity contribution in [1.82, 2.24) is 50.0 Å². The number of nitrogens with two attached hydrogens (primary N) is 1. The molecule has 17 nitrogen and oxygen atoms in total. The Morgan fingerprint density at radius 3 is 2.33 bits per heavy atom. The fraction of sp³-hybridized carbons (Fsp3) is 0.583. The van der Waals surface area contributed by atoms with Crippen LogP contribution in [0.2, 0.25) is 5.02 Å². The van der Waals surface area contributed by atoms with Crippen LogP contribution in [0.3, 0.4) is 0 Å². The molecule has 19 heteroatoms. The fourth-order valence-electron chi connectivity index (χ4n) is 9.89. The van der Waals surface area contributed by atoms with Gasteiger partial charge in [-0.2, -0.15) is 0 Å². The Balaban J connectivity index is 0.809. The van der Waals surface area contributed by atoms with E-state index in [0.717, 1.165) is 79.0 Å². The number of aliphatic hydroxyl groups excluding tert-OH is 1. The van der Waals surface area contributed by atoms with Crippen molar-refractivity contribution in [2.45, 2.75) is 100 Å². The van der Waals surface area contributed by atoms with Crippen molar-refractivity contribution < 1.29 is 19.5 Å². The Labute approximate surface area is 403 Å². The number of piperazine rings is 1. The van der Waals surface area contributed by atoms with Gasteiger partial charge in [-0.15, -0.1) is 5.10 Å². The van der Waals surface area contributed by atoms with E-state index >= 15 is 0 Å². The summed E-state index contributed by atoms with van der Waals surface area (Å²) in [4.78, 5) is 67.3. The number of nitrogens with zero attached hydrogens (tertiary/aromatic N) is 11. The molecule has 4 saturated heterocycles. The molecular formula is C48H66ClN13O4S. The Kier molecular flexibility index (Phi) is 15.7. The molecule has 4 fully saturated rings. The quantitative estimate of drug-likeness (QED) is 0.150. The van der Waals surface area contributed by atoms with Crippen LogP contribution >= 0.6 is 23.4 Å². The molecule has 4 aliphatic rings. The van der Waals surface area contributed by atoms with E-state index in [4.69, 9.17) is 27.3 Å².